The standard InChI is InChI=1S/C13H17N3O/c1-2-3-9-11-15-13(17-16-11)12(14)10-7-5-4-6-8-10/h4-8,12H,2-3,9,14H2,1H3/t12-/m1/s1. The van der Waals surface area contributed by atoms with Crippen LogP contribution in [0, 0.1) is 0 Å². The molecule has 90 valence electrons. The van der Waals surface area contributed by atoms with Gasteiger partial charge in [-0.25, -0.2) is 0 Å². The maximum Gasteiger partial charge on any atom is 0.248 e. The molecule has 2 N–H and O–H groups in total. The van der Waals surface area contributed by atoms with Crippen LogP contribution in [0.5, 0.6) is 0 Å². The second-order valence-electron chi connectivity index (χ2n) is 4.04. The maximum absolute atomic E-state index is 6.06. The number of nitrogens with zero attached hydrogens (tertiary/aromatic N) is 2. The first-order valence-corrected chi connectivity index (χ1v) is 5.94. The zero-order valence-electron chi connectivity index (χ0n) is 9.97. The zero-order chi connectivity index (χ0) is 12.1. The van der Waals surface area contributed by atoms with E-state index in [1.165, 1.54) is 0 Å². The predicted octanol–water partition coefficient (Wildman–Crippen LogP) is 2.46. The first kappa shape index (κ1) is 11.8. The van der Waals surface area contributed by atoms with Crippen LogP contribution < -0.4 is 5.73 Å². The van der Waals surface area contributed by atoms with Crippen LogP contribution in [0.15, 0.2) is 34.9 Å². The number of benzene rings is 1. The fraction of sp³-hybridized carbons (Fsp3) is 0.385. The number of rotatable bonds is 5. The quantitative estimate of drug-likeness (QED) is 0.858. The largest absolute Gasteiger partial charge is 0.337 e. The molecule has 0 saturated carbocycles. The van der Waals surface area contributed by atoms with Gasteiger partial charge < -0.3 is 10.3 Å². The predicted molar refractivity (Wildman–Crippen MR) is 65.4 cm³/mol. The van der Waals surface area contributed by atoms with E-state index in [9.17, 15) is 0 Å². The molecule has 2 aromatic rings. The van der Waals surface area contributed by atoms with Crippen molar-refractivity contribution < 1.29 is 4.52 Å². The number of nitrogens with two attached hydrogens (primary N) is 1. The average molecular weight is 231 g/mol. The van der Waals surface area contributed by atoms with Crippen molar-refractivity contribution in [3.63, 3.8) is 0 Å². The average Bonchev–Trinajstić information content (AvgIpc) is 2.85. The Labute approximate surface area is 101 Å². The summed E-state index contributed by atoms with van der Waals surface area (Å²) in [5.74, 6) is 1.23. The van der Waals surface area contributed by atoms with Gasteiger partial charge in [-0.3, -0.25) is 0 Å². The van der Waals surface area contributed by atoms with Crippen molar-refractivity contribution in [2.24, 2.45) is 5.73 Å². The highest BCUT2D eigenvalue weighted by molar-refractivity contribution is 5.22. The zero-order valence-corrected chi connectivity index (χ0v) is 9.97. The SMILES string of the molecule is CCCCc1noc([C@H](N)c2ccccc2)n1. The van der Waals surface area contributed by atoms with Gasteiger partial charge in [0.1, 0.15) is 6.04 Å². The Morgan fingerprint density at radius 3 is 2.76 bits per heavy atom. The van der Waals surface area contributed by atoms with E-state index in [4.69, 9.17) is 10.3 Å². The Hall–Kier alpha value is -1.68. The molecule has 0 amide bonds. The fourth-order valence-corrected chi connectivity index (χ4v) is 1.63. The van der Waals surface area contributed by atoms with Crippen molar-refractivity contribution in [3.05, 3.63) is 47.6 Å². The third-order valence-electron chi connectivity index (χ3n) is 2.66. The van der Waals surface area contributed by atoms with Gasteiger partial charge in [-0.05, 0) is 12.0 Å². The van der Waals surface area contributed by atoms with Gasteiger partial charge in [0.25, 0.3) is 0 Å². The highest BCUT2D eigenvalue weighted by Gasteiger charge is 2.15. The summed E-state index contributed by atoms with van der Waals surface area (Å²) < 4.78 is 5.19. The van der Waals surface area contributed by atoms with Crippen LogP contribution in [0.2, 0.25) is 0 Å². The van der Waals surface area contributed by atoms with E-state index in [0.717, 1.165) is 30.7 Å². The maximum atomic E-state index is 6.06. The van der Waals surface area contributed by atoms with Gasteiger partial charge in [0.15, 0.2) is 5.82 Å². The number of hydrogen-bond acceptors (Lipinski definition) is 4. The van der Waals surface area contributed by atoms with Crippen molar-refractivity contribution in [1.29, 1.82) is 0 Å². The second-order valence-corrected chi connectivity index (χ2v) is 4.04. The summed E-state index contributed by atoms with van der Waals surface area (Å²) >= 11 is 0. The molecule has 1 atom stereocenters. The summed E-state index contributed by atoms with van der Waals surface area (Å²) in [7, 11) is 0. The molecular weight excluding hydrogens is 214 g/mol. The molecule has 0 radical (unpaired) electrons. The molecule has 2 rings (SSSR count). The molecule has 4 heteroatoms. The molecule has 1 aromatic heterocycles. The van der Waals surface area contributed by atoms with E-state index in [0.29, 0.717) is 5.89 Å². The molecule has 0 fully saturated rings. The van der Waals surface area contributed by atoms with Crippen molar-refractivity contribution in [3.8, 4) is 0 Å². The van der Waals surface area contributed by atoms with Gasteiger partial charge >= 0.3 is 0 Å². The molecule has 0 spiro atoms. The van der Waals surface area contributed by atoms with E-state index in [2.05, 4.69) is 17.1 Å². The summed E-state index contributed by atoms with van der Waals surface area (Å²) in [6, 6.07) is 9.43. The van der Waals surface area contributed by atoms with E-state index < -0.39 is 0 Å². The van der Waals surface area contributed by atoms with Crippen molar-refractivity contribution in [2.45, 2.75) is 32.2 Å². The first-order valence-electron chi connectivity index (χ1n) is 5.94. The molecule has 0 aliphatic carbocycles. The lowest BCUT2D eigenvalue weighted by Crippen LogP contribution is -2.12. The van der Waals surface area contributed by atoms with Crippen molar-refractivity contribution >= 4 is 0 Å². The lowest BCUT2D eigenvalue weighted by Gasteiger charge is -2.05. The monoisotopic (exact) mass is 231 g/mol. The topological polar surface area (TPSA) is 64.9 Å². The van der Waals surface area contributed by atoms with Crippen LogP contribution in [0.1, 0.15) is 43.1 Å². The molecule has 1 heterocycles. The van der Waals surface area contributed by atoms with Crippen LogP contribution >= 0.6 is 0 Å². The third kappa shape index (κ3) is 2.91. The molecular formula is C13H17N3O. The molecule has 0 saturated heterocycles. The van der Waals surface area contributed by atoms with Crippen LogP contribution in [0.25, 0.3) is 0 Å². The lowest BCUT2D eigenvalue weighted by atomic mass is 10.1. The van der Waals surface area contributed by atoms with Gasteiger partial charge in [-0.1, -0.05) is 48.8 Å². The highest BCUT2D eigenvalue weighted by Crippen LogP contribution is 2.17. The highest BCUT2D eigenvalue weighted by atomic mass is 16.5. The summed E-state index contributed by atoms with van der Waals surface area (Å²) in [5.41, 5.74) is 7.05. The van der Waals surface area contributed by atoms with Crippen LogP contribution in [0.4, 0.5) is 0 Å². The number of aromatic nitrogens is 2. The Bertz CT molecular complexity index is 453. The van der Waals surface area contributed by atoms with Gasteiger partial charge in [-0.2, -0.15) is 4.98 Å². The number of hydrogen-bond donors (Lipinski definition) is 1. The molecule has 17 heavy (non-hydrogen) atoms. The summed E-state index contributed by atoms with van der Waals surface area (Å²) in [6.07, 6.45) is 3.04. The minimum absolute atomic E-state index is 0.334. The lowest BCUT2D eigenvalue weighted by molar-refractivity contribution is 0.362. The van der Waals surface area contributed by atoms with E-state index in [1.807, 2.05) is 30.3 Å². The Morgan fingerprint density at radius 1 is 1.29 bits per heavy atom. The molecule has 0 bridgehead atoms. The number of aryl methyl sites for hydroxylation is 1. The summed E-state index contributed by atoms with van der Waals surface area (Å²) in [6.45, 7) is 2.14. The normalized spacial score (nSPS) is 12.6. The smallest absolute Gasteiger partial charge is 0.248 e. The third-order valence-corrected chi connectivity index (χ3v) is 2.66. The molecule has 4 nitrogen and oxygen atoms in total. The minimum Gasteiger partial charge on any atom is -0.337 e. The van der Waals surface area contributed by atoms with Gasteiger partial charge in [-0.15, -0.1) is 0 Å². The van der Waals surface area contributed by atoms with Crippen molar-refractivity contribution in [1.82, 2.24) is 10.1 Å². The fourth-order valence-electron chi connectivity index (χ4n) is 1.63. The Balaban J connectivity index is 2.09. The summed E-state index contributed by atoms with van der Waals surface area (Å²) in [4.78, 5) is 4.32. The van der Waals surface area contributed by atoms with Crippen molar-refractivity contribution in [2.75, 3.05) is 0 Å². The second kappa shape index (κ2) is 5.59. The molecule has 0 aliphatic rings. The van der Waals surface area contributed by atoms with E-state index in [-0.39, 0.29) is 6.04 Å². The first-order chi connectivity index (χ1) is 8.31. The van der Waals surface area contributed by atoms with Crippen LogP contribution in [-0.4, -0.2) is 10.1 Å². The Kier molecular flexibility index (Phi) is 3.88. The van der Waals surface area contributed by atoms with E-state index >= 15 is 0 Å². The minimum atomic E-state index is -0.334. The van der Waals surface area contributed by atoms with Crippen LogP contribution in [-0.2, 0) is 6.42 Å². The van der Waals surface area contributed by atoms with Crippen LogP contribution in [0.3, 0.4) is 0 Å². The van der Waals surface area contributed by atoms with Gasteiger partial charge in [0.05, 0.1) is 0 Å². The summed E-state index contributed by atoms with van der Waals surface area (Å²) in [5, 5.41) is 3.93. The molecule has 0 aliphatic heterocycles. The van der Waals surface area contributed by atoms with Gasteiger partial charge in [0.2, 0.25) is 5.89 Å². The Morgan fingerprint density at radius 2 is 2.06 bits per heavy atom. The van der Waals surface area contributed by atoms with E-state index in [1.54, 1.807) is 0 Å². The molecule has 1 aromatic carbocycles. The van der Waals surface area contributed by atoms with Gasteiger partial charge in [0, 0.05) is 6.42 Å². The number of unbranched alkanes of at least 4 members (excludes halogenated alkanes) is 1. The molecule has 0 unspecified atom stereocenters.